The fourth-order valence-electron chi connectivity index (χ4n) is 3.33. The van der Waals surface area contributed by atoms with Crippen molar-refractivity contribution < 1.29 is 9.53 Å². The van der Waals surface area contributed by atoms with E-state index in [9.17, 15) is 4.79 Å². The molecule has 32 heavy (non-hydrogen) atoms. The number of nitrogens with zero attached hydrogens (tertiary/aromatic N) is 1. The lowest BCUT2D eigenvalue weighted by Crippen LogP contribution is -2.20. The van der Waals surface area contributed by atoms with Crippen LogP contribution in [0.25, 0.3) is 22.4 Å². The number of thiazole rings is 1. The highest BCUT2D eigenvalue weighted by Crippen LogP contribution is 2.30. The normalized spacial score (nSPS) is 10.9. The third-order valence-corrected chi connectivity index (χ3v) is 6.24. The van der Waals surface area contributed by atoms with Crippen LogP contribution in [0.5, 0.6) is 5.75 Å². The van der Waals surface area contributed by atoms with Crippen molar-refractivity contribution in [3.05, 3.63) is 88.2 Å². The van der Waals surface area contributed by atoms with E-state index in [2.05, 4.69) is 64.3 Å². The summed E-state index contributed by atoms with van der Waals surface area (Å²) in [5.74, 6) is 0.778. The van der Waals surface area contributed by atoms with Crippen LogP contribution in [0.15, 0.2) is 82.6 Å². The molecule has 0 aliphatic rings. The van der Waals surface area contributed by atoms with Gasteiger partial charge in [0.15, 0.2) is 11.7 Å². The summed E-state index contributed by atoms with van der Waals surface area (Å²) < 4.78 is 6.77. The minimum Gasteiger partial charge on any atom is -0.483 e. The summed E-state index contributed by atoms with van der Waals surface area (Å²) in [6.45, 7) is 4.12. The standard InChI is InChI=1S/C26H23BrN2O2S/c1-17(2)22-14-21(27)12-13-24(22)31-15-25(30)29-26-28-23(16-32-26)20-10-8-19(9-11-20)18-6-4-3-5-7-18/h3-14,16-17H,15H2,1-2H3,(H,28,29,30). The van der Waals surface area contributed by atoms with Crippen LogP contribution in [0.2, 0.25) is 0 Å². The lowest BCUT2D eigenvalue weighted by atomic mass is 10.0. The molecule has 3 aromatic carbocycles. The van der Waals surface area contributed by atoms with Crippen LogP contribution >= 0.6 is 27.3 Å². The molecule has 1 N–H and O–H groups in total. The van der Waals surface area contributed by atoms with Gasteiger partial charge in [0.05, 0.1) is 5.69 Å². The van der Waals surface area contributed by atoms with Gasteiger partial charge in [0.2, 0.25) is 0 Å². The fraction of sp³-hybridized carbons (Fsp3) is 0.154. The third kappa shape index (κ3) is 5.44. The molecule has 1 aromatic heterocycles. The molecule has 6 heteroatoms. The molecule has 0 aliphatic carbocycles. The Morgan fingerprint density at radius 2 is 1.69 bits per heavy atom. The van der Waals surface area contributed by atoms with Crippen molar-refractivity contribution in [3.8, 4) is 28.1 Å². The van der Waals surface area contributed by atoms with E-state index in [1.165, 1.54) is 16.9 Å². The lowest BCUT2D eigenvalue weighted by Gasteiger charge is -2.14. The van der Waals surface area contributed by atoms with E-state index in [4.69, 9.17) is 4.74 Å². The molecule has 0 bridgehead atoms. The highest BCUT2D eigenvalue weighted by Gasteiger charge is 2.12. The van der Waals surface area contributed by atoms with Crippen molar-refractivity contribution in [1.82, 2.24) is 4.98 Å². The SMILES string of the molecule is CC(C)c1cc(Br)ccc1OCC(=O)Nc1nc(-c2ccc(-c3ccccc3)cc2)cs1. The summed E-state index contributed by atoms with van der Waals surface area (Å²) in [6, 6.07) is 24.3. The third-order valence-electron chi connectivity index (χ3n) is 4.99. The number of hydrogen-bond donors (Lipinski definition) is 1. The number of hydrogen-bond acceptors (Lipinski definition) is 4. The molecule has 0 spiro atoms. The summed E-state index contributed by atoms with van der Waals surface area (Å²) in [5.41, 5.74) is 5.23. The number of nitrogens with one attached hydrogen (secondary N) is 1. The molecule has 162 valence electrons. The number of anilines is 1. The van der Waals surface area contributed by atoms with E-state index in [0.717, 1.165) is 32.6 Å². The number of aromatic nitrogens is 1. The molecule has 1 amide bonds. The van der Waals surface area contributed by atoms with Crippen molar-refractivity contribution in [2.75, 3.05) is 11.9 Å². The highest BCUT2D eigenvalue weighted by molar-refractivity contribution is 9.10. The predicted octanol–water partition coefficient (Wildman–Crippen LogP) is 7.38. The first-order valence-corrected chi connectivity index (χ1v) is 12.0. The predicted molar refractivity (Wildman–Crippen MR) is 135 cm³/mol. The van der Waals surface area contributed by atoms with Gasteiger partial charge in [-0.05, 0) is 40.8 Å². The van der Waals surface area contributed by atoms with Gasteiger partial charge >= 0.3 is 0 Å². The number of benzene rings is 3. The summed E-state index contributed by atoms with van der Waals surface area (Å²) in [6.07, 6.45) is 0. The van der Waals surface area contributed by atoms with Crippen LogP contribution in [0.4, 0.5) is 5.13 Å². The van der Waals surface area contributed by atoms with Crippen LogP contribution < -0.4 is 10.1 Å². The topological polar surface area (TPSA) is 51.2 Å². The van der Waals surface area contributed by atoms with Crippen molar-refractivity contribution in [2.45, 2.75) is 19.8 Å². The molecule has 0 fully saturated rings. The Bertz CT molecular complexity index is 1200. The summed E-state index contributed by atoms with van der Waals surface area (Å²) in [7, 11) is 0. The maximum Gasteiger partial charge on any atom is 0.264 e. The van der Waals surface area contributed by atoms with E-state index in [0.29, 0.717) is 11.0 Å². The van der Waals surface area contributed by atoms with E-state index >= 15 is 0 Å². The summed E-state index contributed by atoms with van der Waals surface area (Å²) >= 11 is 4.88. The summed E-state index contributed by atoms with van der Waals surface area (Å²) in [4.78, 5) is 17.0. The van der Waals surface area contributed by atoms with E-state index < -0.39 is 0 Å². The second-order valence-electron chi connectivity index (χ2n) is 7.65. The zero-order valence-electron chi connectivity index (χ0n) is 17.8. The van der Waals surface area contributed by atoms with Crippen LogP contribution in [0.3, 0.4) is 0 Å². The van der Waals surface area contributed by atoms with Gasteiger partial charge in [-0.25, -0.2) is 4.98 Å². The molecule has 0 unspecified atom stereocenters. The van der Waals surface area contributed by atoms with Crippen LogP contribution in [0.1, 0.15) is 25.3 Å². The van der Waals surface area contributed by atoms with Crippen LogP contribution in [0, 0.1) is 0 Å². The summed E-state index contributed by atoms with van der Waals surface area (Å²) in [5, 5.41) is 5.33. The van der Waals surface area contributed by atoms with Crippen molar-refractivity contribution in [1.29, 1.82) is 0 Å². The van der Waals surface area contributed by atoms with Gasteiger partial charge in [-0.1, -0.05) is 84.4 Å². The smallest absolute Gasteiger partial charge is 0.264 e. The average molecular weight is 507 g/mol. The van der Waals surface area contributed by atoms with E-state index in [1.54, 1.807) is 0 Å². The van der Waals surface area contributed by atoms with Gasteiger partial charge in [-0.3, -0.25) is 10.1 Å². The van der Waals surface area contributed by atoms with Crippen molar-refractivity contribution in [2.24, 2.45) is 0 Å². The maximum atomic E-state index is 12.4. The first-order chi connectivity index (χ1) is 15.5. The highest BCUT2D eigenvalue weighted by atomic mass is 79.9. The average Bonchev–Trinajstić information content (AvgIpc) is 3.27. The van der Waals surface area contributed by atoms with Crippen molar-refractivity contribution >= 4 is 38.3 Å². The Balaban J connectivity index is 1.38. The Kier molecular flexibility index (Phi) is 7.02. The molecule has 1 heterocycles. The molecule has 0 saturated heterocycles. The first kappa shape index (κ1) is 22.2. The Morgan fingerprint density at radius 1 is 1.00 bits per heavy atom. The Labute approximate surface area is 200 Å². The van der Waals surface area contributed by atoms with Gasteiger partial charge in [0.25, 0.3) is 5.91 Å². The number of amides is 1. The molecule has 4 nitrogen and oxygen atoms in total. The zero-order valence-corrected chi connectivity index (χ0v) is 20.2. The lowest BCUT2D eigenvalue weighted by molar-refractivity contribution is -0.118. The fourth-order valence-corrected chi connectivity index (χ4v) is 4.44. The molecular formula is C26H23BrN2O2S. The molecule has 4 rings (SSSR count). The molecule has 0 saturated carbocycles. The van der Waals surface area contributed by atoms with E-state index in [1.807, 2.05) is 53.9 Å². The number of ether oxygens (including phenoxy) is 1. The number of carbonyl (C=O) groups is 1. The largest absolute Gasteiger partial charge is 0.483 e. The van der Waals surface area contributed by atoms with Gasteiger partial charge in [0.1, 0.15) is 5.75 Å². The second-order valence-corrected chi connectivity index (χ2v) is 9.43. The first-order valence-electron chi connectivity index (χ1n) is 10.3. The Hall–Kier alpha value is -2.96. The van der Waals surface area contributed by atoms with Crippen LogP contribution in [-0.4, -0.2) is 17.5 Å². The second kappa shape index (κ2) is 10.1. The molecule has 0 atom stereocenters. The number of halogens is 1. The van der Waals surface area contributed by atoms with Crippen LogP contribution in [-0.2, 0) is 4.79 Å². The monoisotopic (exact) mass is 506 g/mol. The van der Waals surface area contributed by atoms with Crippen molar-refractivity contribution in [3.63, 3.8) is 0 Å². The Morgan fingerprint density at radius 3 is 2.41 bits per heavy atom. The van der Waals surface area contributed by atoms with Gasteiger partial charge in [0, 0.05) is 15.4 Å². The molecule has 4 aromatic rings. The zero-order chi connectivity index (χ0) is 22.5. The van der Waals surface area contributed by atoms with Gasteiger partial charge < -0.3 is 4.74 Å². The van der Waals surface area contributed by atoms with Gasteiger partial charge in [-0.2, -0.15) is 0 Å². The molecule has 0 aliphatic heterocycles. The molecule has 0 radical (unpaired) electrons. The minimum absolute atomic E-state index is 0.0674. The number of carbonyl (C=O) groups excluding carboxylic acids is 1. The van der Waals surface area contributed by atoms with Gasteiger partial charge in [-0.15, -0.1) is 11.3 Å². The molecular weight excluding hydrogens is 484 g/mol. The minimum atomic E-state index is -0.233. The quantitative estimate of drug-likeness (QED) is 0.284. The maximum absolute atomic E-state index is 12.4. The number of rotatable bonds is 7. The van der Waals surface area contributed by atoms with E-state index in [-0.39, 0.29) is 12.5 Å².